The molecule has 0 fully saturated rings. The van der Waals surface area contributed by atoms with Crippen molar-refractivity contribution < 1.29 is 0 Å². The Morgan fingerprint density at radius 1 is 1.28 bits per heavy atom. The molecule has 0 spiro atoms. The molecule has 148 valence electrons. The minimum Gasteiger partial charge on any atom is -0.383 e. The van der Waals surface area contributed by atoms with Gasteiger partial charge in [-0.25, -0.2) is 15.0 Å². The predicted octanol–water partition coefficient (Wildman–Crippen LogP) is 4.49. The molecular weight excluding hydrogens is 402 g/mol. The molecule has 1 aromatic carbocycles. The Morgan fingerprint density at radius 3 is 2.97 bits per heavy atom. The van der Waals surface area contributed by atoms with Crippen LogP contribution in [-0.4, -0.2) is 19.9 Å². The first kappa shape index (κ1) is 18.6. The van der Waals surface area contributed by atoms with Crippen molar-refractivity contribution in [3.8, 4) is 0 Å². The molecule has 2 atom stereocenters. The highest BCUT2D eigenvalue weighted by molar-refractivity contribution is 7.99. The van der Waals surface area contributed by atoms with Crippen LogP contribution in [0.25, 0.3) is 21.1 Å². The van der Waals surface area contributed by atoms with Crippen LogP contribution in [0.1, 0.15) is 41.8 Å². The molecule has 0 saturated heterocycles. The Balaban J connectivity index is 1.49. The van der Waals surface area contributed by atoms with Crippen molar-refractivity contribution in [2.24, 2.45) is 5.92 Å². The third kappa shape index (κ3) is 3.30. The molecule has 8 heteroatoms. The number of nitrogens with one attached hydrogen (secondary N) is 1. The highest BCUT2D eigenvalue weighted by Gasteiger charge is 2.24. The first-order valence-electron chi connectivity index (χ1n) is 9.73. The van der Waals surface area contributed by atoms with Gasteiger partial charge in [-0.05, 0) is 49.8 Å². The van der Waals surface area contributed by atoms with E-state index in [1.54, 1.807) is 17.4 Å². The number of anilines is 1. The van der Waals surface area contributed by atoms with Crippen LogP contribution in [0, 0.1) is 5.92 Å². The lowest BCUT2D eigenvalue weighted by atomic mass is 9.89. The van der Waals surface area contributed by atoms with Gasteiger partial charge in [0.25, 0.3) is 5.56 Å². The number of thioether (sulfide) groups is 1. The number of hydrogen-bond donors (Lipinski definition) is 2. The van der Waals surface area contributed by atoms with Crippen molar-refractivity contribution in [3.05, 3.63) is 50.9 Å². The summed E-state index contributed by atoms with van der Waals surface area (Å²) in [5.74, 6) is 1.87. The molecule has 0 bridgehead atoms. The zero-order valence-corrected chi connectivity index (χ0v) is 17.9. The van der Waals surface area contributed by atoms with E-state index in [0.717, 1.165) is 23.1 Å². The minimum atomic E-state index is -0.131. The number of aromatic amines is 1. The van der Waals surface area contributed by atoms with Crippen LogP contribution in [0.3, 0.4) is 0 Å². The molecule has 6 nitrogen and oxygen atoms in total. The van der Waals surface area contributed by atoms with Crippen LogP contribution in [0.2, 0.25) is 0 Å². The van der Waals surface area contributed by atoms with Gasteiger partial charge in [0.1, 0.15) is 16.5 Å². The van der Waals surface area contributed by atoms with E-state index in [4.69, 9.17) is 10.7 Å². The smallest absolute Gasteiger partial charge is 0.258 e. The first-order valence-corrected chi connectivity index (χ1v) is 11.4. The molecule has 0 aliphatic heterocycles. The van der Waals surface area contributed by atoms with E-state index >= 15 is 0 Å². The number of nitrogens with two attached hydrogens (primary N) is 1. The molecule has 3 N–H and O–H groups in total. The van der Waals surface area contributed by atoms with Crippen molar-refractivity contribution in [2.45, 2.75) is 43.5 Å². The molecule has 5 rings (SSSR count). The highest BCUT2D eigenvalue weighted by Crippen LogP contribution is 2.41. The zero-order chi connectivity index (χ0) is 20.1. The van der Waals surface area contributed by atoms with Gasteiger partial charge >= 0.3 is 0 Å². The maximum Gasteiger partial charge on any atom is 0.258 e. The monoisotopic (exact) mass is 423 g/mol. The van der Waals surface area contributed by atoms with E-state index in [1.165, 1.54) is 28.6 Å². The van der Waals surface area contributed by atoms with Gasteiger partial charge in [-0.15, -0.1) is 11.3 Å². The molecular formula is C21H21N5OS2. The number of nitrogens with zero attached hydrogens (tertiary/aromatic N) is 3. The summed E-state index contributed by atoms with van der Waals surface area (Å²) in [7, 11) is 0. The van der Waals surface area contributed by atoms with Gasteiger partial charge in [0.05, 0.1) is 21.5 Å². The lowest BCUT2D eigenvalue weighted by Crippen LogP contribution is -2.13. The highest BCUT2D eigenvalue weighted by atomic mass is 32.2. The van der Waals surface area contributed by atoms with Gasteiger partial charge in [-0.3, -0.25) is 4.79 Å². The predicted molar refractivity (Wildman–Crippen MR) is 120 cm³/mol. The topological polar surface area (TPSA) is 97.5 Å². The van der Waals surface area contributed by atoms with E-state index in [2.05, 4.69) is 21.9 Å². The number of benzene rings is 1. The second kappa shape index (κ2) is 7.11. The zero-order valence-electron chi connectivity index (χ0n) is 16.2. The summed E-state index contributed by atoms with van der Waals surface area (Å²) in [6.07, 6.45) is 3.33. The minimum absolute atomic E-state index is 0.112. The van der Waals surface area contributed by atoms with Crippen molar-refractivity contribution >= 4 is 50.0 Å². The number of para-hydroxylation sites is 1. The van der Waals surface area contributed by atoms with Crippen LogP contribution in [-0.2, 0) is 12.8 Å². The van der Waals surface area contributed by atoms with Gasteiger partial charge < -0.3 is 10.7 Å². The van der Waals surface area contributed by atoms with E-state index < -0.39 is 0 Å². The molecule has 29 heavy (non-hydrogen) atoms. The summed E-state index contributed by atoms with van der Waals surface area (Å²) in [4.78, 5) is 31.6. The largest absolute Gasteiger partial charge is 0.383 e. The molecule has 4 aromatic rings. The van der Waals surface area contributed by atoms with Gasteiger partial charge in [-0.2, -0.15) is 0 Å². The normalized spacial score (nSPS) is 17.5. The summed E-state index contributed by atoms with van der Waals surface area (Å²) in [6, 6.07) is 7.35. The number of rotatable bonds is 3. The lowest BCUT2D eigenvalue weighted by molar-refractivity contribution is 0.509. The Bertz CT molecular complexity index is 1300. The first-order chi connectivity index (χ1) is 14.0. The molecule has 3 aromatic heterocycles. The van der Waals surface area contributed by atoms with Gasteiger partial charge in [0.15, 0.2) is 5.16 Å². The fraction of sp³-hybridized carbons (Fsp3) is 0.333. The van der Waals surface area contributed by atoms with Crippen LogP contribution in [0.5, 0.6) is 0 Å². The molecule has 1 aliphatic rings. The Labute approximate surface area is 176 Å². The molecule has 0 radical (unpaired) electrons. The third-order valence-electron chi connectivity index (χ3n) is 5.46. The molecule has 0 saturated carbocycles. The Hall–Kier alpha value is -2.45. The average molecular weight is 424 g/mol. The fourth-order valence-electron chi connectivity index (χ4n) is 3.91. The van der Waals surface area contributed by atoms with E-state index in [1.807, 2.05) is 25.1 Å². The number of nitrogen functional groups attached to an aromatic ring is 1. The van der Waals surface area contributed by atoms with Crippen LogP contribution >= 0.6 is 23.1 Å². The summed E-state index contributed by atoms with van der Waals surface area (Å²) >= 11 is 3.20. The number of aryl methyl sites for hydroxylation is 1. The second-order valence-electron chi connectivity index (χ2n) is 7.65. The summed E-state index contributed by atoms with van der Waals surface area (Å²) < 4.78 is 0. The lowest BCUT2D eigenvalue weighted by Gasteiger charge is -2.17. The third-order valence-corrected chi connectivity index (χ3v) is 7.58. The molecule has 2 unspecified atom stereocenters. The van der Waals surface area contributed by atoms with Crippen LogP contribution in [0.15, 0.2) is 34.2 Å². The maximum absolute atomic E-state index is 12.4. The average Bonchev–Trinajstić information content (AvgIpc) is 3.05. The number of fused-ring (bicyclic) bond motifs is 4. The quantitative estimate of drug-likeness (QED) is 0.372. The standard InChI is InChI=1S/C21H21N5OS2/c1-10-7-8-13-15(9-10)29-20-16(13)17(22)24-21(26-20)28-11(2)18-23-14-6-4-3-5-12(14)19(27)25-18/h3-6,10-11H,7-9H2,1-2H3,(H2,22,24,26)(H,23,25,27). The van der Waals surface area contributed by atoms with Crippen molar-refractivity contribution in [2.75, 3.05) is 5.73 Å². The van der Waals surface area contributed by atoms with E-state index in [9.17, 15) is 4.79 Å². The fourth-order valence-corrected chi connectivity index (χ4v) is 6.20. The van der Waals surface area contributed by atoms with E-state index in [0.29, 0.717) is 33.6 Å². The van der Waals surface area contributed by atoms with Crippen LogP contribution < -0.4 is 11.3 Å². The number of thiophene rings is 1. The number of hydrogen-bond acceptors (Lipinski definition) is 7. The number of aromatic nitrogens is 4. The Kier molecular flexibility index (Phi) is 4.55. The van der Waals surface area contributed by atoms with E-state index in [-0.39, 0.29) is 10.8 Å². The van der Waals surface area contributed by atoms with Gasteiger partial charge in [0, 0.05) is 4.88 Å². The summed E-state index contributed by atoms with van der Waals surface area (Å²) in [5.41, 5.74) is 8.24. The second-order valence-corrected chi connectivity index (χ2v) is 10.0. The van der Waals surface area contributed by atoms with Crippen molar-refractivity contribution in [3.63, 3.8) is 0 Å². The molecule has 0 amide bonds. The van der Waals surface area contributed by atoms with Gasteiger partial charge in [-0.1, -0.05) is 30.8 Å². The van der Waals surface area contributed by atoms with Gasteiger partial charge in [0.2, 0.25) is 0 Å². The Morgan fingerprint density at radius 2 is 2.10 bits per heavy atom. The SMILES string of the molecule is CC1CCc2c(sc3nc(SC(C)c4nc5ccccc5c(=O)[nH]4)nc(N)c23)C1. The maximum atomic E-state index is 12.4. The van der Waals surface area contributed by atoms with Crippen molar-refractivity contribution in [1.29, 1.82) is 0 Å². The summed E-state index contributed by atoms with van der Waals surface area (Å²) in [6.45, 7) is 4.28. The van der Waals surface area contributed by atoms with Crippen molar-refractivity contribution in [1.82, 2.24) is 19.9 Å². The number of H-pyrrole nitrogens is 1. The van der Waals surface area contributed by atoms with Crippen LogP contribution in [0.4, 0.5) is 5.82 Å². The summed E-state index contributed by atoms with van der Waals surface area (Å²) in [5, 5.41) is 2.13. The molecule has 1 aliphatic carbocycles. The molecule has 3 heterocycles.